The first-order valence-electron chi connectivity index (χ1n) is 5.90. The van der Waals surface area contributed by atoms with Gasteiger partial charge in [-0.25, -0.2) is 0 Å². The lowest BCUT2D eigenvalue weighted by Crippen LogP contribution is -2.05. The zero-order valence-corrected chi connectivity index (χ0v) is 10.6. The van der Waals surface area contributed by atoms with Gasteiger partial charge < -0.3 is 10.5 Å². The molecule has 0 bridgehead atoms. The van der Waals surface area contributed by atoms with Crippen LogP contribution in [-0.2, 0) is 6.42 Å². The molecule has 0 aromatic heterocycles. The molecular weight excluding hydrogens is 218 g/mol. The lowest BCUT2D eigenvalue weighted by atomic mass is 10.1. The third-order valence-electron chi connectivity index (χ3n) is 2.94. The van der Waals surface area contributed by atoms with Gasteiger partial charge in [0.25, 0.3) is 0 Å². The Morgan fingerprint density at radius 1 is 1.50 bits per heavy atom. The molecule has 0 saturated carbocycles. The molecule has 1 aromatic rings. The standard InChI is InChI=1S/C13H19NOS/c1-2-16-8-7-15-11-4-5-12-10(9-11)3-6-13(12)14/h4-5,9,13H,2-3,6-8,14H2,1H3/t13-/m1/s1. The number of thioether (sulfide) groups is 1. The second-order valence-corrected chi connectivity index (χ2v) is 5.45. The van der Waals surface area contributed by atoms with Gasteiger partial charge in [0.1, 0.15) is 5.75 Å². The van der Waals surface area contributed by atoms with Crippen LogP contribution in [0.5, 0.6) is 5.75 Å². The highest BCUT2D eigenvalue weighted by atomic mass is 32.2. The summed E-state index contributed by atoms with van der Waals surface area (Å²) >= 11 is 1.91. The molecule has 2 nitrogen and oxygen atoms in total. The molecule has 1 aliphatic rings. The van der Waals surface area contributed by atoms with Gasteiger partial charge in [-0.05, 0) is 41.9 Å². The summed E-state index contributed by atoms with van der Waals surface area (Å²) in [6.07, 6.45) is 2.17. The molecule has 1 aliphatic carbocycles. The van der Waals surface area contributed by atoms with E-state index in [-0.39, 0.29) is 6.04 Å². The van der Waals surface area contributed by atoms with E-state index < -0.39 is 0 Å². The van der Waals surface area contributed by atoms with Gasteiger partial charge in [0.05, 0.1) is 6.61 Å². The van der Waals surface area contributed by atoms with E-state index in [0.29, 0.717) is 0 Å². The highest BCUT2D eigenvalue weighted by molar-refractivity contribution is 7.99. The van der Waals surface area contributed by atoms with Crippen LogP contribution in [0.1, 0.15) is 30.5 Å². The summed E-state index contributed by atoms with van der Waals surface area (Å²) in [5.74, 6) is 3.21. The summed E-state index contributed by atoms with van der Waals surface area (Å²) in [5.41, 5.74) is 8.66. The normalized spacial score (nSPS) is 18.5. The predicted octanol–water partition coefficient (Wildman–Crippen LogP) is 2.76. The quantitative estimate of drug-likeness (QED) is 0.800. The third-order valence-corrected chi connectivity index (χ3v) is 3.80. The predicted molar refractivity (Wildman–Crippen MR) is 70.2 cm³/mol. The Hall–Kier alpha value is -0.670. The van der Waals surface area contributed by atoms with Crippen LogP contribution in [0.15, 0.2) is 18.2 Å². The van der Waals surface area contributed by atoms with Crippen LogP contribution in [0.2, 0.25) is 0 Å². The fourth-order valence-electron chi connectivity index (χ4n) is 2.08. The van der Waals surface area contributed by atoms with Gasteiger partial charge in [0, 0.05) is 11.8 Å². The van der Waals surface area contributed by atoms with Crippen molar-refractivity contribution >= 4 is 11.8 Å². The number of hydrogen-bond acceptors (Lipinski definition) is 3. The van der Waals surface area contributed by atoms with Crippen molar-refractivity contribution in [2.45, 2.75) is 25.8 Å². The van der Waals surface area contributed by atoms with Gasteiger partial charge in [0.15, 0.2) is 0 Å². The highest BCUT2D eigenvalue weighted by Gasteiger charge is 2.18. The van der Waals surface area contributed by atoms with Gasteiger partial charge in [-0.2, -0.15) is 11.8 Å². The highest BCUT2D eigenvalue weighted by Crippen LogP contribution is 2.31. The van der Waals surface area contributed by atoms with E-state index in [4.69, 9.17) is 10.5 Å². The minimum atomic E-state index is 0.236. The van der Waals surface area contributed by atoms with Crippen LogP contribution in [-0.4, -0.2) is 18.1 Å². The average molecular weight is 237 g/mol. The van der Waals surface area contributed by atoms with Crippen molar-refractivity contribution in [2.75, 3.05) is 18.1 Å². The largest absolute Gasteiger partial charge is 0.493 e. The molecule has 0 fully saturated rings. The number of hydrogen-bond donors (Lipinski definition) is 1. The summed E-state index contributed by atoms with van der Waals surface area (Å²) < 4.78 is 5.71. The molecule has 0 aliphatic heterocycles. The minimum absolute atomic E-state index is 0.236. The van der Waals surface area contributed by atoms with Gasteiger partial charge >= 0.3 is 0 Å². The molecular formula is C13H19NOS. The van der Waals surface area contributed by atoms with Gasteiger partial charge in [-0.1, -0.05) is 13.0 Å². The zero-order chi connectivity index (χ0) is 11.4. The van der Waals surface area contributed by atoms with Crippen molar-refractivity contribution in [3.8, 4) is 5.75 Å². The molecule has 1 aromatic carbocycles. The van der Waals surface area contributed by atoms with Crippen molar-refractivity contribution in [3.05, 3.63) is 29.3 Å². The molecule has 0 spiro atoms. The second kappa shape index (κ2) is 5.60. The summed E-state index contributed by atoms with van der Waals surface area (Å²) in [5, 5.41) is 0. The second-order valence-electron chi connectivity index (χ2n) is 4.05. The van der Waals surface area contributed by atoms with Crippen molar-refractivity contribution in [2.24, 2.45) is 5.73 Å². The molecule has 88 valence electrons. The number of ether oxygens (including phenoxy) is 1. The Morgan fingerprint density at radius 2 is 2.38 bits per heavy atom. The van der Waals surface area contributed by atoms with E-state index in [9.17, 15) is 0 Å². The van der Waals surface area contributed by atoms with E-state index in [1.165, 1.54) is 11.1 Å². The molecule has 2 rings (SSSR count). The van der Waals surface area contributed by atoms with E-state index in [1.807, 2.05) is 17.8 Å². The Bertz CT molecular complexity index is 354. The van der Waals surface area contributed by atoms with Crippen molar-refractivity contribution in [1.82, 2.24) is 0 Å². The Balaban J connectivity index is 1.92. The van der Waals surface area contributed by atoms with Crippen molar-refractivity contribution in [3.63, 3.8) is 0 Å². The molecule has 0 unspecified atom stereocenters. The number of nitrogens with two attached hydrogens (primary N) is 1. The molecule has 0 heterocycles. The molecule has 0 radical (unpaired) electrons. The SMILES string of the molecule is CCSCCOc1ccc2c(c1)CC[C@H]2N. The summed E-state index contributed by atoms with van der Waals surface area (Å²) in [6.45, 7) is 2.96. The monoisotopic (exact) mass is 237 g/mol. The van der Waals surface area contributed by atoms with Crippen molar-refractivity contribution < 1.29 is 4.74 Å². The summed E-state index contributed by atoms with van der Waals surface area (Å²) in [4.78, 5) is 0. The molecule has 16 heavy (non-hydrogen) atoms. The van der Waals surface area contributed by atoms with Crippen LogP contribution in [0.3, 0.4) is 0 Å². The van der Waals surface area contributed by atoms with Crippen LogP contribution in [0.25, 0.3) is 0 Å². The number of benzene rings is 1. The number of aryl methyl sites for hydroxylation is 1. The fraction of sp³-hybridized carbons (Fsp3) is 0.538. The molecule has 0 amide bonds. The molecule has 0 saturated heterocycles. The Kier molecular flexibility index (Phi) is 4.13. The maximum absolute atomic E-state index is 5.99. The third kappa shape index (κ3) is 2.71. The van der Waals surface area contributed by atoms with Crippen LogP contribution in [0, 0.1) is 0 Å². The van der Waals surface area contributed by atoms with Crippen molar-refractivity contribution in [1.29, 1.82) is 0 Å². The van der Waals surface area contributed by atoms with E-state index in [1.54, 1.807) is 0 Å². The van der Waals surface area contributed by atoms with Gasteiger partial charge in [-0.15, -0.1) is 0 Å². The maximum atomic E-state index is 5.99. The first-order valence-corrected chi connectivity index (χ1v) is 7.05. The molecule has 3 heteroatoms. The lowest BCUT2D eigenvalue weighted by molar-refractivity contribution is 0.343. The zero-order valence-electron chi connectivity index (χ0n) is 9.74. The number of fused-ring (bicyclic) bond motifs is 1. The summed E-state index contributed by atoms with van der Waals surface area (Å²) in [6, 6.07) is 6.55. The van der Waals surface area contributed by atoms with Gasteiger partial charge in [0.2, 0.25) is 0 Å². The minimum Gasteiger partial charge on any atom is -0.493 e. The molecule has 1 atom stereocenters. The average Bonchev–Trinajstić information content (AvgIpc) is 2.66. The van der Waals surface area contributed by atoms with E-state index in [0.717, 1.165) is 36.7 Å². The first kappa shape index (κ1) is 11.8. The Labute approximate surface area is 102 Å². The van der Waals surface area contributed by atoms with E-state index >= 15 is 0 Å². The van der Waals surface area contributed by atoms with Crippen LogP contribution >= 0.6 is 11.8 Å². The Morgan fingerprint density at radius 3 is 3.19 bits per heavy atom. The van der Waals surface area contributed by atoms with Crippen LogP contribution in [0.4, 0.5) is 0 Å². The van der Waals surface area contributed by atoms with Gasteiger partial charge in [-0.3, -0.25) is 0 Å². The lowest BCUT2D eigenvalue weighted by Gasteiger charge is -2.09. The fourth-order valence-corrected chi connectivity index (χ4v) is 2.57. The van der Waals surface area contributed by atoms with E-state index in [2.05, 4.69) is 19.1 Å². The topological polar surface area (TPSA) is 35.2 Å². The summed E-state index contributed by atoms with van der Waals surface area (Å²) in [7, 11) is 0. The van der Waals surface area contributed by atoms with Crippen LogP contribution < -0.4 is 10.5 Å². The smallest absolute Gasteiger partial charge is 0.119 e. The number of rotatable bonds is 5. The molecule has 2 N–H and O–H groups in total. The maximum Gasteiger partial charge on any atom is 0.119 e. The first-order chi connectivity index (χ1) is 7.81.